The van der Waals surface area contributed by atoms with Crippen LogP contribution in [0.1, 0.15) is 96.7 Å². The first kappa shape index (κ1) is 32.7. The van der Waals surface area contributed by atoms with Crippen molar-refractivity contribution in [3.05, 3.63) is 66.0 Å². The van der Waals surface area contributed by atoms with Crippen LogP contribution in [0.4, 0.5) is 9.59 Å². The first-order valence-electron chi connectivity index (χ1n) is 17.3. The number of carbonyl (C=O) groups excluding carboxylic acids is 2. The van der Waals surface area contributed by atoms with Gasteiger partial charge in [0, 0.05) is 30.8 Å². The molecule has 11 heteroatoms. The van der Waals surface area contributed by atoms with Gasteiger partial charge in [-0.05, 0) is 96.0 Å². The number of likely N-dealkylation sites (tertiary alicyclic amines) is 2. The molecule has 7 rings (SSSR count). The van der Waals surface area contributed by atoms with Crippen LogP contribution < -0.4 is 4.74 Å². The standard InChI is InChI=1S/C38H46N6O5/c1-37(2,3)48-35(45)43-18-7-9-29(43)33-39-22-28(41-33)24-13-11-23(12-14-24)25-15-16-26-31(21-25)47-20-17-27-32(26)42-34(40-27)30-10-8-19-44(30)36(46)49-38(4,5)6/h11-16,21-22,29-30H,7-10,17-20H2,1-6H3,(H,39,41)(H,40,42)/t29-,30-/m0/s1. The Morgan fingerprint density at radius 3 is 2.02 bits per heavy atom. The molecule has 0 radical (unpaired) electrons. The molecule has 0 bridgehead atoms. The number of nitrogens with zero attached hydrogens (tertiary/aromatic N) is 4. The largest absolute Gasteiger partial charge is 0.492 e. The van der Waals surface area contributed by atoms with Crippen molar-refractivity contribution in [2.24, 2.45) is 0 Å². The predicted molar refractivity (Wildman–Crippen MR) is 186 cm³/mol. The number of rotatable bonds is 4. The minimum atomic E-state index is -0.552. The number of fused-ring (bicyclic) bond motifs is 3. The molecule has 2 fully saturated rings. The number of amides is 2. The first-order chi connectivity index (χ1) is 23.3. The molecule has 5 heterocycles. The Bertz CT molecular complexity index is 1850. The van der Waals surface area contributed by atoms with E-state index in [-0.39, 0.29) is 24.3 Å². The number of carbonyl (C=O) groups is 2. The van der Waals surface area contributed by atoms with E-state index < -0.39 is 11.2 Å². The maximum atomic E-state index is 13.0. The van der Waals surface area contributed by atoms with Crippen LogP contribution in [-0.4, -0.2) is 72.8 Å². The number of aromatic amines is 2. The van der Waals surface area contributed by atoms with Gasteiger partial charge in [-0.15, -0.1) is 0 Å². The normalized spacial score (nSPS) is 19.2. The van der Waals surface area contributed by atoms with Crippen molar-refractivity contribution in [2.75, 3.05) is 19.7 Å². The second kappa shape index (κ2) is 12.6. The van der Waals surface area contributed by atoms with Gasteiger partial charge in [0.05, 0.1) is 36.3 Å². The van der Waals surface area contributed by atoms with Gasteiger partial charge in [0.1, 0.15) is 28.6 Å². The lowest BCUT2D eigenvalue weighted by atomic mass is 10.00. The summed E-state index contributed by atoms with van der Waals surface area (Å²) in [6.07, 6.45) is 5.44. The molecule has 0 spiro atoms. The lowest BCUT2D eigenvalue weighted by Crippen LogP contribution is -2.36. The highest BCUT2D eigenvalue weighted by atomic mass is 16.6. The lowest BCUT2D eigenvalue weighted by Gasteiger charge is -2.27. The average Bonchev–Trinajstić information content (AvgIpc) is 3.85. The van der Waals surface area contributed by atoms with Crippen molar-refractivity contribution in [3.8, 4) is 39.4 Å². The highest BCUT2D eigenvalue weighted by molar-refractivity contribution is 5.77. The van der Waals surface area contributed by atoms with Gasteiger partial charge in [0.15, 0.2) is 0 Å². The van der Waals surface area contributed by atoms with Gasteiger partial charge >= 0.3 is 12.2 Å². The minimum absolute atomic E-state index is 0.129. The van der Waals surface area contributed by atoms with Crippen LogP contribution in [0.15, 0.2) is 48.7 Å². The summed E-state index contributed by atoms with van der Waals surface area (Å²) in [7, 11) is 0. The SMILES string of the molecule is CC(C)(C)OC(=O)N1CCC[C@H]1c1ncc(-c2ccc(-c3ccc4c(c3)OCCc3[nH]c([C@@H]5CCCN5C(=O)OC(C)(C)C)nc3-4)cc2)[nH]1. The van der Waals surface area contributed by atoms with Crippen molar-refractivity contribution >= 4 is 12.2 Å². The lowest BCUT2D eigenvalue weighted by molar-refractivity contribution is 0.0208. The minimum Gasteiger partial charge on any atom is -0.492 e. The zero-order chi connectivity index (χ0) is 34.5. The van der Waals surface area contributed by atoms with E-state index in [4.69, 9.17) is 19.2 Å². The van der Waals surface area contributed by atoms with Gasteiger partial charge in [0.2, 0.25) is 0 Å². The Morgan fingerprint density at radius 2 is 1.39 bits per heavy atom. The molecule has 4 aromatic rings. The molecule has 0 aliphatic carbocycles. The molecule has 3 aliphatic heterocycles. The quantitative estimate of drug-likeness (QED) is 0.225. The Labute approximate surface area is 287 Å². The van der Waals surface area contributed by atoms with Crippen LogP contribution in [0.5, 0.6) is 5.75 Å². The molecule has 0 unspecified atom stereocenters. The summed E-state index contributed by atoms with van der Waals surface area (Å²) >= 11 is 0. The van der Waals surface area contributed by atoms with Gasteiger partial charge < -0.3 is 24.2 Å². The molecule has 258 valence electrons. The Kier molecular flexibility index (Phi) is 8.40. The summed E-state index contributed by atoms with van der Waals surface area (Å²) < 4.78 is 17.6. The summed E-state index contributed by atoms with van der Waals surface area (Å²) in [5.74, 6) is 2.36. The molecule has 2 amide bonds. The molecular formula is C38H46N6O5. The summed E-state index contributed by atoms with van der Waals surface area (Å²) in [6.45, 7) is 13.2. The number of nitrogens with one attached hydrogen (secondary N) is 2. The maximum absolute atomic E-state index is 13.0. The van der Waals surface area contributed by atoms with Crippen LogP contribution in [-0.2, 0) is 15.9 Å². The van der Waals surface area contributed by atoms with Crippen molar-refractivity contribution in [1.29, 1.82) is 0 Å². The third-order valence-electron chi connectivity index (χ3n) is 9.16. The van der Waals surface area contributed by atoms with E-state index in [1.807, 2.05) is 47.7 Å². The second-order valence-corrected chi connectivity index (χ2v) is 15.2. The number of hydrogen-bond donors (Lipinski definition) is 2. The summed E-state index contributed by atoms with van der Waals surface area (Å²) in [6, 6.07) is 14.3. The molecule has 3 aliphatic rings. The number of H-pyrrole nitrogens is 2. The van der Waals surface area contributed by atoms with Gasteiger partial charge in [-0.1, -0.05) is 30.3 Å². The molecule has 2 saturated heterocycles. The molecule has 2 aromatic heterocycles. The van der Waals surface area contributed by atoms with Gasteiger partial charge in [-0.3, -0.25) is 9.80 Å². The van der Waals surface area contributed by atoms with Crippen LogP contribution in [0.25, 0.3) is 33.6 Å². The third-order valence-corrected chi connectivity index (χ3v) is 9.16. The molecule has 2 aromatic carbocycles. The molecule has 49 heavy (non-hydrogen) atoms. The number of benzene rings is 2. The van der Waals surface area contributed by atoms with Gasteiger partial charge in [0.25, 0.3) is 0 Å². The van der Waals surface area contributed by atoms with E-state index in [2.05, 4.69) is 57.4 Å². The summed E-state index contributed by atoms with van der Waals surface area (Å²) in [4.78, 5) is 46.1. The highest BCUT2D eigenvalue weighted by Gasteiger charge is 2.37. The van der Waals surface area contributed by atoms with Crippen LogP contribution in [0, 0.1) is 0 Å². The fourth-order valence-corrected chi connectivity index (χ4v) is 6.95. The van der Waals surface area contributed by atoms with Gasteiger partial charge in [-0.2, -0.15) is 0 Å². The van der Waals surface area contributed by atoms with Crippen molar-refractivity contribution in [3.63, 3.8) is 0 Å². The third kappa shape index (κ3) is 6.89. The molecular weight excluding hydrogens is 620 g/mol. The van der Waals surface area contributed by atoms with E-state index in [0.29, 0.717) is 26.1 Å². The monoisotopic (exact) mass is 666 g/mol. The summed E-state index contributed by atoms with van der Waals surface area (Å²) in [5, 5.41) is 0. The number of hydrogen-bond acceptors (Lipinski definition) is 7. The zero-order valence-electron chi connectivity index (χ0n) is 29.3. The van der Waals surface area contributed by atoms with E-state index >= 15 is 0 Å². The van der Waals surface area contributed by atoms with Crippen molar-refractivity contribution in [2.45, 2.75) is 96.9 Å². The smallest absolute Gasteiger partial charge is 0.410 e. The van der Waals surface area contributed by atoms with Crippen LogP contribution >= 0.6 is 0 Å². The zero-order valence-corrected chi connectivity index (χ0v) is 29.3. The Balaban J connectivity index is 1.08. The van der Waals surface area contributed by atoms with Crippen LogP contribution in [0.3, 0.4) is 0 Å². The fourth-order valence-electron chi connectivity index (χ4n) is 6.95. The maximum Gasteiger partial charge on any atom is 0.410 e. The molecule has 0 saturated carbocycles. The Morgan fingerprint density at radius 1 is 0.796 bits per heavy atom. The van der Waals surface area contributed by atoms with Crippen molar-refractivity contribution in [1.82, 2.24) is 29.7 Å². The molecule has 2 N–H and O–H groups in total. The van der Waals surface area contributed by atoms with E-state index in [1.54, 1.807) is 9.80 Å². The fraction of sp³-hybridized carbons (Fsp3) is 0.474. The highest BCUT2D eigenvalue weighted by Crippen LogP contribution is 2.40. The summed E-state index contributed by atoms with van der Waals surface area (Å²) in [5.41, 5.74) is 5.76. The van der Waals surface area contributed by atoms with Gasteiger partial charge in [-0.25, -0.2) is 19.6 Å². The number of aromatic nitrogens is 4. The number of ether oxygens (including phenoxy) is 3. The number of imidazole rings is 2. The predicted octanol–water partition coefficient (Wildman–Crippen LogP) is 8.21. The first-order valence-corrected chi connectivity index (χ1v) is 17.3. The van der Waals surface area contributed by atoms with Crippen LogP contribution in [0.2, 0.25) is 0 Å². The Hall–Kier alpha value is -4.80. The van der Waals surface area contributed by atoms with Crippen molar-refractivity contribution < 1.29 is 23.8 Å². The van der Waals surface area contributed by atoms with E-state index in [0.717, 1.165) is 82.4 Å². The molecule has 2 atom stereocenters. The second-order valence-electron chi connectivity index (χ2n) is 15.2. The molecule has 11 nitrogen and oxygen atoms in total. The van der Waals surface area contributed by atoms with E-state index in [1.165, 1.54) is 0 Å². The topological polar surface area (TPSA) is 126 Å². The van der Waals surface area contributed by atoms with E-state index in [9.17, 15) is 9.59 Å². The average molecular weight is 667 g/mol.